The molecule has 0 saturated carbocycles. The van der Waals surface area contributed by atoms with Crippen LogP contribution in [0.1, 0.15) is 30.1 Å². The van der Waals surface area contributed by atoms with Crippen molar-refractivity contribution in [2.75, 3.05) is 23.7 Å². The van der Waals surface area contributed by atoms with Crippen LogP contribution >= 0.6 is 0 Å². The number of unbranched alkanes of at least 4 members (excludes halogenated alkanes) is 1. The molecule has 0 radical (unpaired) electrons. The molecule has 3 N–H and O–H groups in total. The van der Waals surface area contributed by atoms with E-state index in [2.05, 4.69) is 22.9 Å². The Balaban J connectivity index is 1.89. The molecule has 0 aromatic heterocycles. The average Bonchev–Trinajstić information content (AvgIpc) is 2.60. The second kappa shape index (κ2) is 9.47. The Bertz CT molecular complexity index is 671. The van der Waals surface area contributed by atoms with Gasteiger partial charge in [0.2, 0.25) is 5.91 Å². The van der Waals surface area contributed by atoms with E-state index in [0.29, 0.717) is 16.9 Å². The molecular weight excluding hydrogens is 302 g/mol. The monoisotopic (exact) mass is 325 g/mol. The molecule has 0 saturated heterocycles. The molecule has 0 heterocycles. The molecule has 24 heavy (non-hydrogen) atoms. The minimum absolute atomic E-state index is 0.0994. The molecule has 126 valence electrons. The van der Waals surface area contributed by atoms with Crippen LogP contribution in [-0.2, 0) is 4.79 Å². The third kappa shape index (κ3) is 5.85. The van der Waals surface area contributed by atoms with Crippen molar-refractivity contribution in [3.63, 3.8) is 0 Å². The van der Waals surface area contributed by atoms with Crippen LogP contribution in [0.5, 0.6) is 0 Å². The number of rotatable bonds is 8. The van der Waals surface area contributed by atoms with E-state index in [1.54, 1.807) is 36.4 Å². The molecule has 0 aliphatic heterocycles. The van der Waals surface area contributed by atoms with Crippen molar-refractivity contribution < 1.29 is 9.59 Å². The normalized spacial score (nSPS) is 10.2. The number of anilines is 2. The van der Waals surface area contributed by atoms with E-state index in [4.69, 9.17) is 0 Å². The number of carbonyl (C=O) groups is 2. The Labute approximate surface area is 142 Å². The van der Waals surface area contributed by atoms with E-state index in [-0.39, 0.29) is 18.4 Å². The Morgan fingerprint density at radius 3 is 2.33 bits per heavy atom. The summed E-state index contributed by atoms with van der Waals surface area (Å²) in [7, 11) is 0. The van der Waals surface area contributed by atoms with Gasteiger partial charge in [-0.25, -0.2) is 0 Å². The highest BCUT2D eigenvalue weighted by Crippen LogP contribution is 2.16. The van der Waals surface area contributed by atoms with Gasteiger partial charge in [-0.15, -0.1) is 0 Å². The first-order chi connectivity index (χ1) is 11.7. The minimum atomic E-state index is -0.180. The van der Waals surface area contributed by atoms with Gasteiger partial charge >= 0.3 is 0 Å². The van der Waals surface area contributed by atoms with Crippen molar-refractivity contribution >= 4 is 23.2 Å². The number of hydrogen-bond acceptors (Lipinski definition) is 3. The minimum Gasteiger partial charge on any atom is -0.325 e. The summed E-state index contributed by atoms with van der Waals surface area (Å²) in [5, 5.41) is 8.74. The molecule has 0 unspecified atom stereocenters. The van der Waals surface area contributed by atoms with Crippen molar-refractivity contribution in [1.29, 1.82) is 0 Å². The van der Waals surface area contributed by atoms with Crippen molar-refractivity contribution in [3.05, 3.63) is 60.2 Å². The number of amides is 2. The Kier molecular flexibility index (Phi) is 6.98. The summed E-state index contributed by atoms with van der Waals surface area (Å²) < 4.78 is 0. The molecule has 0 fully saturated rings. The molecule has 2 amide bonds. The SMILES string of the molecule is CCCCNCC(=O)Nc1cccc(NC(=O)c2ccccc2)c1. The lowest BCUT2D eigenvalue weighted by Gasteiger charge is -2.09. The Morgan fingerprint density at radius 1 is 0.917 bits per heavy atom. The summed E-state index contributed by atoms with van der Waals surface area (Å²) in [6.45, 7) is 3.22. The maximum atomic E-state index is 12.1. The molecule has 0 bridgehead atoms. The number of nitrogens with one attached hydrogen (secondary N) is 3. The quantitative estimate of drug-likeness (QED) is 0.652. The predicted molar refractivity (Wildman–Crippen MR) is 97.2 cm³/mol. The number of carbonyl (C=O) groups excluding carboxylic acids is 2. The molecule has 0 aliphatic rings. The topological polar surface area (TPSA) is 70.2 Å². The van der Waals surface area contributed by atoms with Gasteiger partial charge in [-0.2, -0.15) is 0 Å². The smallest absolute Gasteiger partial charge is 0.255 e. The fourth-order valence-electron chi connectivity index (χ4n) is 2.18. The third-order valence-electron chi connectivity index (χ3n) is 3.43. The van der Waals surface area contributed by atoms with Crippen molar-refractivity contribution in [2.24, 2.45) is 0 Å². The van der Waals surface area contributed by atoms with Crippen LogP contribution in [0.4, 0.5) is 11.4 Å². The van der Waals surface area contributed by atoms with Crippen LogP contribution in [0.25, 0.3) is 0 Å². The van der Waals surface area contributed by atoms with E-state index in [1.807, 2.05) is 18.2 Å². The zero-order chi connectivity index (χ0) is 17.2. The maximum absolute atomic E-state index is 12.1. The maximum Gasteiger partial charge on any atom is 0.255 e. The average molecular weight is 325 g/mol. The summed E-state index contributed by atoms with van der Waals surface area (Å²) in [5.41, 5.74) is 1.89. The molecule has 0 aliphatic carbocycles. The molecule has 2 aromatic carbocycles. The van der Waals surface area contributed by atoms with E-state index in [9.17, 15) is 9.59 Å². The Morgan fingerprint density at radius 2 is 1.62 bits per heavy atom. The first kappa shape index (κ1) is 17.7. The highest BCUT2D eigenvalue weighted by molar-refractivity contribution is 6.04. The van der Waals surface area contributed by atoms with Gasteiger partial charge in [-0.3, -0.25) is 9.59 Å². The van der Waals surface area contributed by atoms with Crippen LogP contribution in [0.3, 0.4) is 0 Å². The van der Waals surface area contributed by atoms with Gasteiger partial charge in [0.25, 0.3) is 5.91 Å². The lowest BCUT2D eigenvalue weighted by molar-refractivity contribution is -0.115. The van der Waals surface area contributed by atoms with Gasteiger partial charge in [0, 0.05) is 16.9 Å². The lowest BCUT2D eigenvalue weighted by atomic mass is 10.2. The molecule has 0 atom stereocenters. The molecular formula is C19H23N3O2. The fourth-order valence-corrected chi connectivity index (χ4v) is 2.18. The van der Waals surface area contributed by atoms with Crippen LogP contribution in [-0.4, -0.2) is 24.9 Å². The standard InChI is InChI=1S/C19H23N3O2/c1-2-3-12-20-14-18(23)21-16-10-7-11-17(13-16)22-19(24)15-8-5-4-6-9-15/h4-11,13,20H,2-3,12,14H2,1H3,(H,21,23)(H,22,24). The second-order valence-corrected chi connectivity index (χ2v) is 5.48. The first-order valence-electron chi connectivity index (χ1n) is 8.16. The molecule has 5 heteroatoms. The van der Waals surface area contributed by atoms with Gasteiger partial charge < -0.3 is 16.0 Å². The summed E-state index contributed by atoms with van der Waals surface area (Å²) in [6.07, 6.45) is 2.14. The van der Waals surface area contributed by atoms with Gasteiger partial charge in [-0.1, -0.05) is 37.6 Å². The highest BCUT2D eigenvalue weighted by atomic mass is 16.2. The van der Waals surface area contributed by atoms with E-state index in [0.717, 1.165) is 19.4 Å². The van der Waals surface area contributed by atoms with Gasteiger partial charge in [0.1, 0.15) is 0 Å². The largest absolute Gasteiger partial charge is 0.325 e. The fraction of sp³-hybridized carbons (Fsp3) is 0.263. The van der Waals surface area contributed by atoms with E-state index >= 15 is 0 Å². The van der Waals surface area contributed by atoms with Crippen molar-refractivity contribution in [3.8, 4) is 0 Å². The molecule has 0 spiro atoms. The third-order valence-corrected chi connectivity index (χ3v) is 3.43. The van der Waals surface area contributed by atoms with Crippen molar-refractivity contribution in [1.82, 2.24) is 5.32 Å². The lowest BCUT2D eigenvalue weighted by Crippen LogP contribution is -2.28. The van der Waals surface area contributed by atoms with Crippen LogP contribution in [0.2, 0.25) is 0 Å². The van der Waals surface area contributed by atoms with Gasteiger partial charge in [-0.05, 0) is 43.3 Å². The summed E-state index contributed by atoms with van der Waals surface area (Å²) in [6, 6.07) is 16.1. The van der Waals surface area contributed by atoms with Gasteiger partial charge in [0.05, 0.1) is 6.54 Å². The number of benzene rings is 2. The number of hydrogen-bond donors (Lipinski definition) is 3. The van der Waals surface area contributed by atoms with E-state index < -0.39 is 0 Å². The zero-order valence-electron chi connectivity index (χ0n) is 13.8. The predicted octanol–water partition coefficient (Wildman–Crippen LogP) is 3.27. The second-order valence-electron chi connectivity index (χ2n) is 5.48. The molecule has 5 nitrogen and oxygen atoms in total. The van der Waals surface area contributed by atoms with Crippen LogP contribution in [0.15, 0.2) is 54.6 Å². The van der Waals surface area contributed by atoms with E-state index in [1.165, 1.54) is 0 Å². The summed E-state index contributed by atoms with van der Waals surface area (Å²) in [4.78, 5) is 24.0. The van der Waals surface area contributed by atoms with Crippen LogP contribution < -0.4 is 16.0 Å². The summed E-state index contributed by atoms with van der Waals surface area (Å²) >= 11 is 0. The van der Waals surface area contributed by atoms with Gasteiger partial charge in [0.15, 0.2) is 0 Å². The summed E-state index contributed by atoms with van der Waals surface area (Å²) in [5.74, 6) is -0.280. The van der Waals surface area contributed by atoms with Crippen molar-refractivity contribution in [2.45, 2.75) is 19.8 Å². The Hall–Kier alpha value is -2.66. The molecule has 2 aromatic rings. The highest BCUT2D eigenvalue weighted by Gasteiger charge is 2.06. The molecule has 2 rings (SSSR count). The van der Waals surface area contributed by atoms with Crippen LogP contribution in [0, 0.1) is 0 Å². The first-order valence-corrected chi connectivity index (χ1v) is 8.16. The zero-order valence-corrected chi connectivity index (χ0v) is 13.8.